The van der Waals surface area contributed by atoms with Crippen molar-refractivity contribution >= 4 is 29.7 Å². The molecular formula is C4H6ClN5O2. The van der Waals surface area contributed by atoms with E-state index in [4.69, 9.17) is 11.5 Å². The molecule has 0 spiro atoms. The summed E-state index contributed by atoms with van der Waals surface area (Å²) in [6.07, 6.45) is 0. The van der Waals surface area contributed by atoms with Crippen LogP contribution in [-0.2, 0) is 0 Å². The fraction of sp³-hybridized carbons (Fsp3) is 0. The van der Waals surface area contributed by atoms with Crippen LogP contribution in [0, 0.1) is 10.1 Å². The zero-order valence-corrected chi connectivity index (χ0v) is 6.61. The molecule has 8 heteroatoms. The molecule has 0 bridgehead atoms. The van der Waals surface area contributed by atoms with E-state index in [1.165, 1.54) is 0 Å². The molecule has 0 saturated heterocycles. The van der Waals surface area contributed by atoms with Crippen molar-refractivity contribution in [3.63, 3.8) is 0 Å². The van der Waals surface area contributed by atoms with Gasteiger partial charge in [-0.2, -0.15) is 0 Å². The third-order valence-corrected chi connectivity index (χ3v) is 1.03. The monoisotopic (exact) mass is 191 g/mol. The summed E-state index contributed by atoms with van der Waals surface area (Å²) in [5.41, 5.74) is 10.5. The second-order valence-corrected chi connectivity index (χ2v) is 1.80. The van der Waals surface area contributed by atoms with Crippen molar-refractivity contribution in [2.45, 2.75) is 0 Å². The van der Waals surface area contributed by atoms with Crippen LogP contribution in [0.2, 0.25) is 0 Å². The first-order valence-corrected chi connectivity index (χ1v) is 2.64. The molecule has 0 aromatic carbocycles. The zero-order chi connectivity index (χ0) is 8.43. The molecule has 1 aromatic rings. The smallest absolute Gasteiger partial charge is 0.392 e. The Labute approximate surface area is 73.3 Å². The summed E-state index contributed by atoms with van der Waals surface area (Å²) in [4.78, 5) is 9.38. The minimum absolute atomic E-state index is 0. The highest BCUT2D eigenvalue weighted by Gasteiger charge is 2.10. The van der Waals surface area contributed by atoms with Gasteiger partial charge in [0.15, 0.2) is 5.82 Å². The van der Waals surface area contributed by atoms with E-state index in [1.54, 1.807) is 0 Å². The minimum atomic E-state index is -0.692. The standard InChI is InChI=1S/C4H5N5O2.ClH/c5-2-1-3(9(10)11)7-8-4(2)6;/h1H,(H2,5,7)(H2,6,8);1H. The van der Waals surface area contributed by atoms with Crippen molar-refractivity contribution in [3.05, 3.63) is 16.2 Å². The first kappa shape index (κ1) is 10.4. The van der Waals surface area contributed by atoms with Crippen molar-refractivity contribution < 1.29 is 4.92 Å². The summed E-state index contributed by atoms with van der Waals surface area (Å²) >= 11 is 0. The molecule has 1 heterocycles. The first-order valence-electron chi connectivity index (χ1n) is 2.64. The third kappa shape index (κ3) is 1.92. The van der Waals surface area contributed by atoms with Crippen molar-refractivity contribution in [1.29, 1.82) is 0 Å². The first-order chi connectivity index (χ1) is 5.11. The van der Waals surface area contributed by atoms with Crippen molar-refractivity contribution in [2.75, 3.05) is 11.5 Å². The summed E-state index contributed by atoms with van der Waals surface area (Å²) < 4.78 is 0. The highest BCUT2D eigenvalue weighted by Crippen LogP contribution is 2.14. The third-order valence-electron chi connectivity index (χ3n) is 1.03. The van der Waals surface area contributed by atoms with Gasteiger partial charge in [0.2, 0.25) is 0 Å². The Morgan fingerprint density at radius 2 is 2.00 bits per heavy atom. The molecule has 0 atom stereocenters. The molecule has 0 radical (unpaired) electrons. The fourth-order valence-corrected chi connectivity index (χ4v) is 0.494. The largest absolute Gasteiger partial charge is 0.395 e. The summed E-state index contributed by atoms with van der Waals surface area (Å²) in [5, 5.41) is 16.5. The number of nitrogens with two attached hydrogens (primary N) is 2. The van der Waals surface area contributed by atoms with Gasteiger partial charge in [-0.05, 0) is 10.0 Å². The van der Waals surface area contributed by atoms with Gasteiger partial charge in [-0.1, -0.05) is 0 Å². The predicted octanol–water partition coefficient (Wildman–Crippen LogP) is -0.0290. The van der Waals surface area contributed by atoms with Crippen LogP contribution in [0.4, 0.5) is 17.3 Å². The van der Waals surface area contributed by atoms with Crippen molar-refractivity contribution in [2.24, 2.45) is 0 Å². The van der Waals surface area contributed by atoms with Crippen LogP contribution in [0.15, 0.2) is 6.07 Å². The lowest BCUT2D eigenvalue weighted by atomic mass is 10.4. The van der Waals surface area contributed by atoms with Gasteiger partial charge in [0.05, 0.1) is 16.9 Å². The van der Waals surface area contributed by atoms with E-state index >= 15 is 0 Å². The fourth-order valence-electron chi connectivity index (χ4n) is 0.494. The van der Waals surface area contributed by atoms with Crippen molar-refractivity contribution in [1.82, 2.24) is 10.2 Å². The van der Waals surface area contributed by atoms with E-state index in [-0.39, 0.29) is 23.9 Å². The second-order valence-electron chi connectivity index (χ2n) is 1.80. The molecule has 0 aliphatic heterocycles. The van der Waals surface area contributed by atoms with Gasteiger partial charge in [-0.25, -0.2) is 0 Å². The number of anilines is 2. The molecule has 0 unspecified atom stereocenters. The number of nitrogen functional groups attached to an aromatic ring is 2. The molecule has 12 heavy (non-hydrogen) atoms. The maximum absolute atomic E-state index is 10.1. The highest BCUT2D eigenvalue weighted by molar-refractivity contribution is 5.85. The topological polar surface area (TPSA) is 121 Å². The van der Waals surface area contributed by atoms with Crippen LogP contribution in [0.25, 0.3) is 0 Å². The molecule has 4 N–H and O–H groups in total. The Morgan fingerprint density at radius 1 is 1.42 bits per heavy atom. The van der Waals surface area contributed by atoms with Gasteiger partial charge in [0, 0.05) is 0 Å². The number of hydrogen-bond donors (Lipinski definition) is 2. The average molecular weight is 192 g/mol. The van der Waals surface area contributed by atoms with Crippen LogP contribution < -0.4 is 11.5 Å². The summed E-state index contributed by atoms with van der Waals surface area (Å²) in [7, 11) is 0. The molecule has 0 fully saturated rings. The summed E-state index contributed by atoms with van der Waals surface area (Å²) in [5.74, 6) is -0.410. The number of nitrogens with zero attached hydrogens (tertiary/aromatic N) is 3. The molecule has 0 aliphatic carbocycles. The molecule has 0 saturated carbocycles. The maximum atomic E-state index is 10.1. The lowest BCUT2D eigenvalue weighted by Crippen LogP contribution is -2.02. The number of halogens is 1. The van der Waals surface area contributed by atoms with Gasteiger partial charge < -0.3 is 21.6 Å². The van der Waals surface area contributed by atoms with Gasteiger partial charge >= 0.3 is 5.82 Å². The Bertz CT molecular complexity index is 303. The lowest BCUT2D eigenvalue weighted by molar-refractivity contribution is -0.390. The molecule has 0 aliphatic rings. The highest BCUT2D eigenvalue weighted by atomic mass is 35.5. The van der Waals surface area contributed by atoms with E-state index in [1.807, 2.05) is 0 Å². The van der Waals surface area contributed by atoms with E-state index in [2.05, 4.69) is 10.2 Å². The van der Waals surface area contributed by atoms with Crippen LogP contribution in [0.3, 0.4) is 0 Å². The molecule has 0 amide bonds. The SMILES string of the molecule is Cl.Nc1cc([N+](=O)[O-])nnc1N. The van der Waals surface area contributed by atoms with Crippen LogP contribution in [0.5, 0.6) is 0 Å². The van der Waals surface area contributed by atoms with Gasteiger partial charge in [0.1, 0.15) is 0 Å². The van der Waals surface area contributed by atoms with Gasteiger partial charge in [-0.15, -0.1) is 12.4 Å². The maximum Gasteiger partial charge on any atom is 0.392 e. The van der Waals surface area contributed by atoms with E-state index in [9.17, 15) is 10.1 Å². The van der Waals surface area contributed by atoms with E-state index in [0.717, 1.165) is 6.07 Å². The van der Waals surface area contributed by atoms with Gasteiger partial charge in [0.25, 0.3) is 0 Å². The predicted molar refractivity (Wildman–Crippen MR) is 44.8 cm³/mol. The Morgan fingerprint density at radius 3 is 2.42 bits per heavy atom. The van der Waals surface area contributed by atoms with Gasteiger partial charge in [-0.3, -0.25) is 0 Å². The number of rotatable bonds is 1. The molecule has 1 aromatic heterocycles. The normalized spacial score (nSPS) is 8.67. The van der Waals surface area contributed by atoms with E-state index in [0.29, 0.717) is 0 Å². The minimum Gasteiger partial charge on any atom is -0.395 e. The van der Waals surface area contributed by atoms with Crippen LogP contribution >= 0.6 is 12.4 Å². The number of aromatic nitrogens is 2. The Hall–Kier alpha value is -1.63. The summed E-state index contributed by atoms with van der Waals surface area (Å²) in [6.45, 7) is 0. The molecule has 1 rings (SSSR count). The Balaban J connectivity index is 0.00000121. The summed E-state index contributed by atoms with van der Waals surface area (Å²) in [6, 6.07) is 1.06. The second kappa shape index (κ2) is 3.67. The molecule has 66 valence electrons. The zero-order valence-electron chi connectivity index (χ0n) is 5.80. The van der Waals surface area contributed by atoms with Crippen LogP contribution in [-0.4, -0.2) is 15.1 Å². The average Bonchev–Trinajstić information content (AvgIpc) is 1.94. The quantitative estimate of drug-likeness (QED) is 0.475. The Kier molecular flexibility index (Phi) is 3.17. The molecule has 7 nitrogen and oxygen atoms in total. The number of hydrogen-bond acceptors (Lipinski definition) is 6. The molecular weight excluding hydrogens is 186 g/mol. The number of nitro groups is 1. The van der Waals surface area contributed by atoms with E-state index < -0.39 is 10.7 Å². The van der Waals surface area contributed by atoms with Crippen LogP contribution in [0.1, 0.15) is 0 Å². The van der Waals surface area contributed by atoms with Crippen molar-refractivity contribution in [3.8, 4) is 0 Å². The lowest BCUT2D eigenvalue weighted by Gasteiger charge is -1.93.